The minimum absolute atomic E-state index is 0.00657. The van der Waals surface area contributed by atoms with Gasteiger partial charge in [-0.3, -0.25) is 4.79 Å². The molecule has 1 aliphatic rings. The van der Waals surface area contributed by atoms with E-state index in [1.165, 1.54) is 12.8 Å². The molecule has 17 heavy (non-hydrogen) atoms. The van der Waals surface area contributed by atoms with Crippen LogP contribution in [0, 0.1) is 6.92 Å². The number of rotatable bonds is 3. The molecular formula is C13H17ClN2O. The van der Waals surface area contributed by atoms with Crippen molar-refractivity contribution in [2.45, 2.75) is 19.8 Å². The fraction of sp³-hybridized carbons (Fsp3) is 0.462. The van der Waals surface area contributed by atoms with E-state index in [1.807, 2.05) is 13.0 Å². The van der Waals surface area contributed by atoms with Crippen LogP contribution in [0.2, 0.25) is 0 Å². The molecule has 1 amide bonds. The molecule has 0 spiro atoms. The number of nitrogens with zero attached hydrogens (tertiary/aromatic N) is 1. The summed E-state index contributed by atoms with van der Waals surface area (Å²) >= 11 is 5.53. The lowest BCUT2D eigenvalue weighted by atomic mass is 10.1. The van der Waals surface area contributed by atoms with Gasteiger partial charge in [0.15, 0.2) is 0 Å². The molecule has 3 nitrogen and oxygen atoms in total. The predicted octanol–water partition coefficient (Wildman–Crippen LogP) is 2.77. The minimum Gasteiger partial charge on any atom is -0.370 e. The summed E-state index contributed by atoms with van der Waals surface area (Å²) in [5.74, 6) is -0.161. The Labute approximate surface area is 107 Å². The summed E-state index contributed by atoms with van der Waals surface area (Å²) in [6.45, 7) is 4.14. The van der Waals surface area contributed by atoms with Crippen molar-refractivity contribution in [2.75, 3.05) is 29.2 Å². The van der Waals surface area contributed by atoms with Crippen molar-refractivity contribution < 1.29 is 4.79 Å². The van der Waals surface area contributed by atoms with Gasteiger partial charge in [-0.1, -0.05) is 6.07 Å². The number of aryl methyl sites for hydroxylation is 1. The summed E-state index contributed by atoms with van der Waals surface area (Å²) in [6.07, 6.45) is 2.44. The molecule has 0 atom stereocenters. The normalized spacial score (nSPS) is 15.1. The Morgan fingerprint density at radius 3 is 2.76 bits per heavy atom. The number of halogens is 1. The Morgan fingerprint density at radius 2 is 2.12 bits per heavy atom. The van der Waals surface area contributed by atoms with Crippen molar-refractivity contribution in [3.05, 3.63) is 23.8 Å². The fourth-order valence-corrected chi connectivity index (χ4v) is 2.23. The van der Waals surface area contributed by atoms with Gasteiger partial charge in [0, 0.05) is 13.1 Å². The summed E-state index contributed by atoms with van der Waals surface area (Å²) in [5.41, 5.74) is 3.11. The van der Waals surface area contributed by atoms with E-state index in [-0.39, 0.29) is 11.8 Å². The van der Waals surface area contributed by atoms with Gasteiger partial charge in [0.25, 0.3) is 0 Å². The van der Waals surface area contributed by atoms with Gasteiger partial charge in [-0.15, -0.1) is 11.6 Å². The van der Waals surface area contributed by atoms with Crippen molar-refractivity contribution >= 4 is 28.9 Å². The maximum absolute atomic E-state index is 11.4. The Bertz CT molecular complexity index is 414. The average Bonchev–Trinajstić information content (AvgIpc) is 2.82. The van der Waals surface area contributed by atoms with Crippen molar-refractivity contribution in [2.24, 2.45) is 0 Å². The van der Waals surface area contributed by atoms with E-state index in [4.69, 9.17) is 11.6 Å². The first-order valence-electron chi connectivity index (χ1n) is 5.92. The molecule has 1 aliphatic heterocycles. The summed E-state index contributed by atoms with van der Waals surface area (Å²) < 4.78 is 0. The lowest BCUT2D eigenvalue weighted by Gasteiger charge is -2.21. The molecular weight excluding hydrogens is 236 g/mol. The second-order valence-corrected chi connectivity index (χ2v) is 4.66. The molecule has 1 saturated heterocycles. The first-order valence-corrected chi connectivity index (χ1v) is 6.45. The minimum atomic E-state index is -0.155. The zero-order chi connectivity index (χ0) is 12.3. The van der Waals surface area contributed by atoms with Crippen molar-refractivity contribution in [1.29, 1.82) is 0 Å². The lowest BCUT2D eigenvalue weighted by Crippen LogP contribution is -2.21. The molecule has 2 rings (SSSR count). The topological polar surface area (TPSA) is 32.3 Å². The van der Waals surface area contributed by atoms with Crippen LogP contribution < -0.4 is 10.2 Å². The Balaban J connectivity index is 2.26. The first kappa shape index (κ1) is 12.2. The SMILES string of the molecule is Cc1ccc(N2CCCC2)c(NC(=O)CCl)c1. The number of amides is 1. The number of carbonyl (C=O) groups is 1. The molecule has 1 aromatic rings. The van der Waals surface area contributed by atoms with Gasteiger partial charge >= 0.3 is 0 Å². The van der Waals surface area contributed by atoms with E-state index < -0.39 is 0 Å². The average molecular weight is 253 g/mol. The van der Waals surface area contributed by atoms with E-state index in [0.717, 1.165) is 30.0 Å². The smallest absolute Gasteiger partial charge is 0.239 e. The summed E-state index contributed by atoms with van der Waals surface area (Å²) in [7, 11) is 0. The molecule has 1 heterocycles. The third-order valence-electron chi connectivity index (χ3n) is 2.99. The van der Waals surface area contributed by atoms with Gasteiger partial charge in [0.2, 0.25) is 5.91 Å². The van der Waals surface area contributed by atoms with Crippen molar-refractivity contribution in [1.82, 2.24) is 0 Å². The second kappa shape index (κ2) is 5.41. The molecule has 0 aliphatic carbocycles. The van der Waals surface area contributed by atoms with Gasteiger partial charge in [-0.05, 0) is 37.5 Å². The third kappa shape index (κ3) is 2.91. The number of benzene rings is 1. The molecule has 4 heteroatoms. The zero-order valence-electron chi connectivity index (χ0n) is 10.0. The molecule has 92 valence electrons. The predicted molar refractivity (Wildman–Crippen MR) is 72.0 cm³/mol. The highest BCUT2D eigenvalue weighted by molar-refractivity contribution is 6.29. The molecule has 1 aromatic carbocycles. The number of hydrogen-bond acceptors (Lipinski definition) is 2. The molecule has 0 saturated carbocycles. The van der Waals surface area contributed by atoms with Crippen LogP contribution >= 0.6 is 11.6 Å². The van der Waals surface area contributed by atoms with Gasteiger partial charge < -0.3 is 10.2 Å². The van der Waals surface area contributed by atoms with Crippen LogP contribution in [0.3, 0.4) is 0 Å². The number of anilines is 2. The van der Waals surface area contributed by atoms with Crippen LogP contribution in [0.25, 0.3) is 0 Å². The van der Waals surface area contributed by atoms with Crippen LogP contribution in [0.5, 0.6) is 0 Å². The maximum atomic E-state index is 11.4. The van der Waals surface area contributed by atoms with E-state index >= 15 is 0 Å². The first-order chi connectivity index (χ1) is 8.20. The number of alkyl halides is 1. The highest BCUT2D eigenvalue weighted by atomic mass is 35.5. The molecule has 1 N–H and O–H groups in total. The van der Waals surface area contributed by atoms with Crippen LogP contribution in [-0.4, -0.2) is 24.9 Å². The molecule has 0 unspecified atom stereocenters. The van der Waals surface area contributed by atoms with Gasteiger partial charge in [0.05, 0.1) is 11.4 Å². The zero-order valence-corrected chi connectivity index (χ0v) is 10.8. The molecule has 0 bridgehead atoms. The number of hydrogen-bond donors (Lipinski definition) is 1. The molecule has 1 fully saturated rings. The van der Waals surface area contributed by atoms with Gasteiger partial charge in [0.1, 0.15) is 5.88 Å². The summed E-state index contributed by atoms with van der Waals surface area (Å²) in [4.78, 5) is 13.7. The standard InChI is InChI=1S/C13H17ClN2O/c1-10-4-5-12(16-6-2-3-7-16)11(8-10)15-13(17)9-14/h4-5,8H,2-3,6-7,9H2,1H3,(H,15,17). The van der Waals surface area contributed by atoms with Crippen molar-refractivity contribution in [3.63, 3.8) is 0 Å². The fourth-order valence-electron chi connectivity index (χ4n) is 2.17. The van der Waals surface area contributed by atoms with Crippen LogP contribution in [-0.2, 0) is 4.79 Å². The Hall–Kier alpha value is -1.22. The van der Waals surface area contributed by atoms with E-state index in [9.17, 15) is 4.79 Å². The van der Waals surface area contributed by atoms with Crippen LogP contribution in [0.15, 0.2) is 18.2 Å². The monoisotopic (exact) mass is 252 g/mol. The van der Waals surface area contributed by atoms with Crippen LogP contribution in [0.1, 0.15) is 18.4 Å². The highest BCUT2D eigenvalue weighted by Gasteiger charge is 2.16. The molecule has 0 aromatic heterocycles. The molecule has 0 radical (unpaired) electrons. The summed E-state index contributed by atoms with van der Waals surface area (Å²) in [5, 5.41) is 2.87. The van der Waals surface area contributed by atoms with E-state index in [0.29, 0.717) is 0 Å². The largest absolute Gasteiger partial charge is 0.370 e. The van der Waals surface area contributed by atoms with E-state index in [2.05, 4.69) is 22.3 Å². The maximum Gasteiger partial charge on any atom is 0.239 e. The van der Waals surface area contributed by atoms with Gasteiger partial charge in [-0.2, -0.15) is 0 Å². The lowest BCUT2D eigenvalue weighted by molar-refractivity contribution is -0.113. The highest BCUT2D eigenvalue weighted by Crippen LogP contribution is 2.29. The summed E-state index contributed by atoms with van der Waals surface area (Å²) in [6, 6.07) is 6.15. The number of nitrogens with one attached hydrogen (secondary N) is 1. The third-order valence-corrected chi connectivity index (χ3v) is 3.24. The van der Waals surface area contributed by atoms with Gasteiger partial charge in [-0.25, -0.2) is 0 Å². The second-order valence-electron chi connectivity index (χ2n) is 4.40. The Kier molecular flexibility index (Phi) is 3.89. The number of carbonyl (C=O) groups excluding carboxylic acids is 1. The van der Waals surface area contributed by atoms with Crippen molar-refractivity contribution in [3.8, 4) is 0 Å². The van der Waals surface area contributed by atoms with E-state index in [1.54, 1.807) is 0 Å². The van der Waals surface area contributed by atoms with Crippen LogP contribution in [0.4, 0.5) is 11.4 Å². The quantitative estimate of drug-likeness (QED) is 0.839. The Morgan fingerprint density at radius 1 is 1.41 bits per heavy atom.